The van der Waals surface area contributed by atoms with Gasteiger partial charge in [0.15, 0.2) is 9.84 Å². The molecule has 0 saturated heterocycles. The Labute approximate surface area is 117 Å². The van der Waals surface area contributed by atoms with Crippen LogP contribution in [0.2, 0.25) is 0 Å². The van der Waals surface area contributed by atoms with Gasteiger partial charge >= 0.3 is 0 Å². The Morgan fingerprint density at radius 2 is 1.84 bits per heavy atom. The van der Waals surface area contributed by atoms with Gasteiger partial charge in [-0.05, 0) is 52.3 Å². The number of hydrogen-bond acceptors (Lipinski definition) is 3. The van der Waals surface area contributed by atoms with Gasteiger partial charge in [0.05, 0.1) is 4.75 Å². The number of sulfone groups is 1. The summed E-state index contributed by atoms with van der Waals surface area (Å²) in [4.78, 5) is 0. The van der Waals surface area contributed by atoms with Gasteiger partial charge in [-0.2, -0.15) is 0 Å². The number of nitrogens with one attached hydrogen (secondary N) is 1. The summed E-state index contributed by atoms with van der Waals surface area (Å²) in [6, 6.07) is 6.20. The maximum atomic E-state index is 12.0. The largest absolute Gasteiger partial charge is 0.315 e. The zero-order chi connectivity index (χ0) is 14.8. The maximum absolute atomic E-state index is 12.0. The topological polar surface area (TPSA) is 46.2 Å². The number of aryl methyl sites for hydroxylation is 2. The molecule has 0 heterocycles. The van der Waals surface area contributed by atoms with Crippen molar-refractivity contribution in [3.8, 4) is 0 Å². The van der Waals surface area contributed by atoms with E-state index in [9.17, 15) is 8.42 Å². The lowest BCUT2D eigenvalue weighted by molar-refractivity contribution is 0.430. The van der Waals surface area contributed by atoms with Crippen molar-refractivity contribution in [2.75, 3.05) is 13.3 Å². The second-order valence-corrected chi connectivity index (χ2v) is 8.45. The minimum atomic E-state index is -3.12. The molecule has 0 bridgehead atoms. The number of hydrogen-bond donors (Lipinski definition) is 1. The third-order valence-electron chi connectivity index (χ3n) is 4.07. The van der Waals surface area contributed by atoms with Crippen molar-refractivity contribution in [3.05, 3.63) is 34.9 Å². The van der Waals surface area contributed by atoms with Crippen molar-refractivity contribution in [2.45, 2.75) is 44.9 Å². The fourth-order valence-corrected chi connectivity index (χ4v) is 2.91. The van der Waals surface area contributed by atoms with Crippen LogP contribution < -0.4 is 5.32 Å². The first-order chi connectivity index (χ1) is 8.59. The highest BCUT2D eigenvalue weighted by molar-refractivity contribution is 7.92. The third-order valence-corrected chi connectivity index (χ3v) is 6.27. The van der Waals surface area contributed by atoms with E-state index in [1.54, 1.807) is 13.8 Å². The van der Waals surface area contributed by atoms with Gasteiger partial charge in [0.25, 0.3) is 0 Å². The van der Waals surface area contributed by atoms with Crippen molar-refractivity contribution >= 4 is 9.84 Å². The van der Waals surface area contributed by atoms with E-state index in [1.807, 2.05) is 7.05 Å². The van der Waals surface area contributed by atoms with Gasteiger partial charge in [-0.3, -0.25) is 0 Å². The van der Waals surface area contributed by atoms with E-state index in [1.165, 1.54) is 22.9 Å². The molecule has 0 spiro atoms. The van der Waals surface area contributed by atoms with Crippen molar-refractivity contribution in [1.29, 1.82) is 0 Å². The van der Waals surface area contributed by atoms with Crippen molar-refractivity contribution in [3.63, 3.8) is 0 Å². The predicted molar refractivity (Wildman–Crippen MR) is 81.4 cm³/mol. The zero-order valence-electron chi connectivity index (χ0n) is 12.7. The summed E-state index contributed by atoms with van der Waals surface area (Å²) in [6.45, 7) is 7.69. The highest BCUT2D eigenvalue weighted by Crippen LogP contribution is 2.24. The number of rotatable bonds is 5. The molecule has 0 amide bonds. The molecule has 0 fully saturated rings. The van der Waals surface area contributed by atoms with Gasteiger partial charge in [0.1, 0.15) is 0 Å². The molecule has 4 heteroatoms. The highest BCUT2D eigenvalue weighted by Gasteiger charge is 2.38. The number of likely N-dealkylation sites (N-methyl/N-ethyl adjacent to an activating group) is 1. The van der Waals surface area contributed by atoms with E-state index in [0.717, 1.165) is 0 Å². The summed E-state index contributed by atoms with van der Waals surface area (Å²) in [7, 11) is -1.30. The second-order valence-electron chi connectivity index (χ2n) is 5.85. The summed E-state index contributed by atoms with van der Waals surface area (Å²) >= 11 is 0. The lowest BCUT2D eigenvalue weighted by atomic mass is 9.92. The molecule has 0 saturated carbocycles. The molecule has 3 nitrogen and oxygen atoms in total. The molecular formula is C15H25NO2S. The van der Waals surface area contributed by atoms with Crippen LogP contribution in [0.25, 0.3) is 0 Å². The normalized spacial score (nSPS) is 14.4. The Morgan fingerprint density at radius 1 is 1.26 bits per heavy atom. The smallest absolute Gasteiger partial charge is 0.154 e. The van der Waals surface area contributed by atoms with E-state index >= 15 is 0 Å². The summed E-state index contributed by atoms with van der Waals surface area (Å²) < 4.78 is 23.1. The lowest BCUT2D eigenvalue weighted by Gasteiger charge is -2.33. The van der Waals surface area contributed by atoms with Gasteiger partial charge < -0.3 is 5.32 Å². The molecule has 1 unspecified atom stereocenters. The molecule has 1 aromatic rings. The average molecular weight is 283 g/mol. The molecule has 1 aromatic carbocycles. The fourth-order valence-electron chi connectivity index (χ4n) is 2.19. The van der Waals surface area contributed by atoms with Crippen LogP contribution in [0.5, 0.6) is 0 Å². The standard InChI is InChI=1S/C15H25NO2S/c1-11-7-8-12(2)13(9-11)10-14(16-5)15(3,4)19(6,17)18/h7-9,14,16H,10H2,1-6H3. The number of benzene rings is 1. The van der Waals surface area contributed by atoms with E-state index < -0.39 is 14.6 Å². The monoisotopic (exact) mass is 283 g/mol. The highest BCUT2D eigenvalue weighted by atomic mass is 32.2. The molecular weight excluding hydrogens is 258 g/mol. The van der Waals surface area contributed by atoms with Crippen LogP contribution in [-0.4, -0.2) is 32.5 Å². The second kappa shape index (κ2) is 5.63. The van der Waals surface area contributed by atoms with Crippen LogP contribution in [0.1, 0.15) is 30.5 Å². The molecule has 1 N–H and O–H groups in total. The molecule has 0 aliphatic heterocycles. The van der Waals surface area contributed by atoms with Crippen molar-refractivity contribution in [1.82, 2.24) is 5.32 Å². The first-order valence-electron chi connectivity index (χ1n) is 6.52. The van der Waals surface area contributed by atoms with E-state index in [4.69, 9.17) is 0 Å². The van der Waals surface area contributed by atoms with Crippen LogP contribution in [-0.2, 0) is 16.3 Å². The van der Waals surface area contributed by atoms with Crippen molar-refractivity contribution in [2.24, 2.45) is 0 Å². The molecule has 0 aliphatic carbocycles. The van der Waals surface area contributed by atoms with Gasteiger partial charge in [-0.1, -0.05) is 23.8 Å². The van der Waals surface area contributed by atoms with E-state index in [0.29, 0.717) is 6.42 Å². The molecule has 1 atom stereocenters. The third kappa shape index (κ3) is 3.57. The van der Waals surface area contributed by atoms with Crippen molar-refractivity contribution < 1.29 is 8.42 Å². The first kappa shape index (κ1) is 16.2. The van der Waals surface area contributed by atoms with Gasteiger partial charge in [0.2, 0.25) is 0 Å². The predicted octanol–water partition coefficient (Wildman–Crippen LogP) is 2.26. The lowest BCUT2D eigenvalue weighted by Crippen LogP contribution is -2.51. The van der Waals surface area contributed by atoms with Crippen LogP contribution in [0, 0.1) is 13.8 Å². The quantitative estimate of drug-likeness (QED) is 0.901. The van der Waals surface area contributed by atoms with Gasteiger partial charge in [0, 0.05) is 12.3 Å². The summed E-state index contributed by atoms with van der Waals surface area (Å²) in [5.74, 6) is 0. The van der Waals surface area contributed by atoms with Gasteiger partial charge in [-0.15, -0.1) is 0 Å². The Hall–Kier alpha value is -0.870. The summed E-state index contributed by atoms with van der Waals surface area (Å²) in [5.41, 5.74) is 3.61. The van der Waals surface area contributed by atoms with Crippen LogP contribution in [0.3, 0.4) is 0 Å². The van der Waals surface area contributed by atoms with E-state index in [-0.39, 0.29) is 6.04 Å². The van der Waals surface area contributed by atoms with Crippen LogP contribution >= 0.6 is 0 Å². The van der Waals surface area contributed by atoms with Crippen LogP contribution in [0.4, 0.5) is 0 Å². The zero-order valence-corrected chi connectivity index (χ0v) is 13.6. The van der Waals surface area contributed by atoms with E-state index in [2.05, 4.69) is 37.4 Å². The molecule has 0 radical (unpaired) electrons. The Morgan fingerprint density at radius 3 is 2.32 bits per heavy atom. The van der Waals surface area contributed by atoms with Crippen LogP contribution in [0.15, 0.2) is 18.2 Å². The Bertz CT molecular complexity index is 547. The average Bonchev–Trinajstić information content (AvgIpc) is 2.28. The molecule has 0 aromatic heterocycles. The minimum absolute atomic E-state index is 0.108. The fraction of sp³-hybridized carbons (Fsp3) is 0.600. The molecule has 1 rings (SSSR count). The SMILES string of the molecule is CNC(Cc1cc(C)ccc1C)C(C)(C)S(C)(=O)=O. The first-order valence-corrected chi connectivity index (χ1v) is 8.41. The van der Waals surface area contributed by atoms with Gasteiger partial charge in [-0.25, -0.2) is 8.42 Å². The summed E-state index contributed by atoms with van der Waals surface area (Å²) in [5, 5.41) is 3.16. The molecule has 108 valence electrons. The Kier molecular flexibility index (Phi) is 4.80. The molecule has 0 aliphatic rings. The molecule has 19 heavy (non-hydrogen) atoms. The maximum Gasteiger partial charge on any atom is 0.154 e. The summed E-state index contributed by atoms with van der Waals surface area (Å²) in [6.07, 6.45) is 2.02. The minimum Gasteiger partial charge on any atom is -0.315 e. The Balaban J connectivity index is 3.10.